The van der Waals surface area contributed by atoms with Crippen molar-refractivity contribution >= 4 is 39.3 Å². The standard InChI is InChI=1S/C9H5Cl2NO4S/c10-5-9(11)16-7-3-1-2-4-8(7)17(14,15)12-6-13/h1-5H. The Hall–Kier alpha value is -1.33. The summed E-state index contributed by atoms with van der Waals surface area (Å²) in [4.78, 5) is 9.71. The van der Waals surface area contributed by atoms with Crippen molar-refractivity contribution in [1.82, 2.24) is 0 Å². The maximum absolute atomic E-state index is 11.5. The van der Waals surface area contributed by atoms with Crippen LogP contribution in [0.5, 0.6) is 5.75 Å². The summed E-state index contributed by atoms with van der Waals surface area (Å²) in [6.07, 6.45) is 0.959. The first-order valence-electron chi connectivity index (χ1n) is 4.08. The quantitative estimate of drug-likeness (QED) is 0.485. The van der Waals surface area contributed by atoms with Crippen molar-refractivity contribution in [2.24, 2.45) is 4.40 Å². The molecule has 0 spiro atoms. The van der Waals surface area contributed by atoms with Gasteiger partial charge in [-0.1, -0.05) is 28.1 Å². The second-order valence-corrected chi connectivity index (χ2v) is 4.78. The molecule has 1 aromatic carbocycles. The largest absolute Gasteiger partial charge is 0.443 e. The van der Waals surface area contributed by atoms with Crippen molar-refractivity contribution in [3.05, 3.63) is 35.0 Å². The Morgan fingerprint density at radius 1 is 1.41 bits per heavy atom. The SMILES string of the molecule is O=C=NS(=O)(=O)c1ccccc1OC(Cl)=CCl. The fourth-order valence-electron chi connectivity index (χ4n) is 0.973. The lowest BCUT2D eigenvalue weighted by molar-refractivity contribution is 0.449. The van der Waals surface area contributed by atoms with E-state index in [2.05, 4.69) is 4.40 Å². The summed E-state index contributed by atoms with van der Waals surface area (Å²) in [6.45, 7) is 0. The lowest BCUT2D eigenvalue weighted by Gasteiger charge is -2.06. The molecule has 0 saturated heterocycles. The van der Waals surface area contributed by atoms with Gasteiger partial charge in [0, 0.05) is 0 Å². The van der Waals surface area contributed by atoms with Gasteiger partial charge in [0.25, 0.3) is 16.1 Å². The minimum Gasteiger partial charge on any atom is -0.443 e. The first-order valence-corrected chi connectivity index (χ1v) is 6.33. The van der Waals surface area contributed by atoms with Crippen LogP contribution in [0.4, 0.5) is 0 Å². The number of carbonyl (C=O) groups excluding carboxylic acids is 1. The minimum absolute atomic E-state index is 0.0894. The third kappa shape index (κ3) is 3.57. The molecule has 1 aromatic rings. The molecule has 0 aliphatic carbocycles. The van der Waals surface area contributed by atoms with E-state index in [1.807, 2.05) is 0 Å². The molecular formula is C9H5Cl2NO4S. The van der Waals surface area contributed by atoms with Gasteiger partial charge in [-0.2, -0.15) is 8.42 Å². The van der Waals surface area contributed by atoms with Gasteiger partial charge in [0.05, 0.1) is 5.54 Å². The van der Waals surface area contributed by atoms with Crippen LogP contribution in [-0.2, 0) is 14.8 Å². The van der Waals surface area contributed by atoms with Gasteiger partial charge in [0.1, 0.15) is 10.6 Å². The number of hydrogen-bond donors (Lipinski definition) is 0. The number of ether oxygens (including phenoxy) is 1. The van der Waals surface area contributed by atoms with Gasteiger partial charge in [-0.25, -0.2) is 4.79 Å². The highest BCUT2D eigenvalue weighted by Gasteiger charge is 2.19. The van der Waals surface area contributed by atoms with Gasteiger partial charge < -0.3 is 4.74 Å². The van der Waals surface area contributed by atoms with Gasteiger partial charge in [0.2, 0.25) is 5.22 Å². The minimum atomic E-state index is -4.15. The van der Waals surface area contributed by atoms with Crippen LogP contribution in [0, 0.1) is 0 Å². The van der Waals surface area contributed by atoms with Crippen LogP contribution in [0.15, 0.2) is 44.3 Å². The Morgan fingerprint density at radius 3 is 2.65 bits per heavy atom. The molecule has 1 rings (SSSR count). The average molecular weight is 294 g/mol. The summed E-state index contributed by atoms with van der Waals surface area (Å²) in [5.74, 6) is -0.0894. The molecule has 5 nitrogen and oxygen atoms in total. The molecular weight excluding hydrogens is 289 g/mol. The maximum atomic E-state index is 11.5. The first-order chi connectivity index (χ1) is 8.01. The highest BCUT2D eigenvalue weighted by molar-refractivity contribution is 7.90. The number of nitrogens with zero attached hydrogens (tertiary/aromatic N) is 1. The van der Waals surface area contributed by atoms with E-state index in [4.69, 9.17) is 27.9 Å². The van der Waals surface area contributed by atoms with Gasteiger partial charge in [-0.3, -0.25) is 0 Å². The van der Waals surface area contributed by atoms with Crippen LogP contribution in [0.2, 0.25) is 0 Å². The summed E-state index contributed by atoms with van der Waals surface area (Å²) >= 11 is 10.8. The van der Waals surface area contributed by atoms with E-state index in [0.717, 1.165) is 11.6 Å². The van der Waals surface area contributed by atoms with Crippen LogP contribution in [0.1, 0.15) is 0 Å². The Balaban J connectivity index is 3.31. The molecule has 17 heavy (non-hydrogen) atoms. The van der Waals surface area contributed by atoms with Crippen LogP contribution >= 0.6 is 23.2 Å². The molecule has 0 N–H and O–H groups in total. The second-order valence-electron chi connectivity index (χ2n) is 2.62. The van der Waals surface area contributed by atoms with Gasteiger partial charge in [0.15, 0.2) is 0 Å². The molecule has 0 bridgehead atoms. The summed E-state index contributed by atoms with van der Waals surface area (Å²) in [5.41, 5.74) is 0.925. The zero-order chi connectivity index (χ0) is 12.9. The predicted octanol–water partition coefficient (Wildman–Crippen LogP) is 2.37. The molecule has 90 valence electrons. The molecule has 0 aliphatic rings. The number of benzene rings is 1. The number of para-hydroxylation sites is 1. The predicted molar refractivity (Wildman–Crippen MR) is 62.2 cm³/mol. The molecule has 0 amide bonds. The van der Waals surface area contributed by atoms with Crippen molar-refractivity contribution in [3.63, 3.8) is 0 Å². The number of isocyanates is 1. The third-order valence-electron chi connectivity index (χ3n) is 1.58. The summed E-state index contributed by atoms with van der Waals surface area (Å²) in [7, 11) is -4.15. The number of sulfonamides is 1. The fraction of sp³-hybridized carbons (Fsp3) is 0. The van der Waals surface area contributed by atoms with Crippen molar-refractivity contribution in [2.45, 2.75) is 4.90 Å². The van der Waals surface area contributed by atoms with E-state index >= 15 is 0 Å². The lowest BCUT2D eigenvalue weighted by Crippen LogP contribution is -2.00. The topological polar surface area (TPSA) is 72.8 Å². The molecule has 0 unspecified atom stereocenters. The highest BCUT2D eigenvalue weighted by Crippen LogP contribution is 2.27. The molecule has 0 fully saturated rings. The summed E-state index contributed by atoms with van der Waals surface area (Å²) < 4.78 is 30.7. The Kier molecular flexibility index (Phi) is 4.72. The molecule has 0 atom stereocenters. The van der Waals surface area contributed by atoms with Crippen molar-refractivity contribution in [3.8, 4) is 5.75 Å². The van der Waals surface area contributed by atoms with Crippen LogP contribution < -0.4 is 4.74 Å². The lowest BCUT2D eigenvalue weighted by atomic mass is 10.3. The van der Waals surface area contributed by atoms with E-state index < -0.39 is 10.0 Å². The van der Waals surface area contributed by atoms with E-state index in [9.17, 15) is 13.2 Å². The third-order valence-corrected chi connectivity index (χ3v) is 3.28. The zero-order valence-electron chi connectivity index (χ0n) is 8.13. The maximum Gasteiger partial charge on any atom is 0.296 e. The normalized spacial score (nSPS) is 11.8. The van der Waals surface area contributed by atoms with Crippen molar-refractivity contribution < 1.29 is 17.9 Å². The van der Waals surface area contributed by atoms with Gasteiger partial charge in [-0.15, -0.1) is 0 Å². The average Bonchev–Trinajstić information content (AvgIpc) is 2.29. The van der Waals surface area contributed by atoms with Gasteiger partial charge >= 0.3 is 0 Å². The smallest absolute Gasteiger partial charge is 0.296 e. The van der Waals surface area contributed by atoms with Crippen LogP contribution in [0.3, 0.4) is 0 Å². The Bertz CT molecular complexity index is 591. The van der Waals surface area contributed by atoms with Crippen molar-refractivity contribution in [2.75, 3.05) is 0 Å². The molecule has 0 aromatic heterocycles. The fourth-order valence-corrected chi connectivity index (χ4v) is 1.91. The summed E-state index contributed by atoms with van der Waals surface area (Å²) in [5, 5.41) is -0.218. The molecule has 0 saturated carbocycles. The van der Waals surface area contributed by atoms with Gasteiger partial charge in [-0.05, 0) is 23.7 Å². The zero-order valence-corrected chi connectivity index (χ0v) is 10.5. The Labute approximate surface area is 107 Å². The second kappa shape index (κ2) is 5.84. The number of hydrogen-bond acceptors (Lipinski definition) is 4. The van der Waals surface area contributed by atoms with E-state index in [1.54, 1.807) is 0 Å². The molecule has 0 aliphatic heterocycles. The Morgan fingerprint density at radius 2 is 2.06 bits per heavy atom. The number of halogens is 2. The highest BCUT2D eigenvalue weighted by atomic mass is 35.5. The number of rotatable bonds is 4. The first kappa shape index (κ1) is 13.7. The van der Waals surface area contributed by atoms with E-state index in [1.165, 1.54) is 24.3 Å². The van der Waals surface area contributed by atoms with Crippen LogP contribution in [-0.4, -0.2) is 14.5 Å². The molecule has 0 radical (unpaired) electrons. The van der Waals surface area contributed by atoms with Crippen molar-refractivity contribution in [1.29, 1.82) is 0 Å². The van der Waals surface area contributed by atoms with Crippen LogP contribution in [0.25, 0.3) is 0 Å². The van der Waals surface area contributed by atoms with E-state index in [0.29, 0.717) is 0 Å². The molecule has 0 heterocycles. The monoisotopic (exact) mass is 293 g/mol. The molecule has 8 heteroatoms. The summed E-state index contributed by atoms with van der Waals surface area (Å²) in [6, 6.07) is 5.52. The van der Waals surface area contributed by atoms with E-state index in [-0.39, 0.29) is 15.9 Å².